The molecule has 1 aromatic carbocycles. The SMILES string of the molecule is FC(F)(F)c1ccc(N2CCN(Cc3cn(PI)nc3-c3cc4ccccc4[nH]3)CC2)nc1. The summed E-state index contributed by atoms with van der Waals surface area (Å²) >= 11 is 2.32. The number of aromatic amines is 1. The molecule has 0 radical (unpaired) electrons. The Morgan fingerprint density at radius 2 is 1.85 bits per heavy atom. The Morgan fingerprint density at radius 1 is 1.06 bits per heavy atom. The largest absolute Gasteiger partial charge is 0.417 e. The van der Waals surface area contributed by atoms with E-state index in [2.05, 4.69) is 61.3 Å². The number of aromatic nitrogens is 4. The Bertz CT molecular complexity index is 1210. The van der Waals surface area contributed by atoms with Crippen molar-refractivity contribution in [2.45, 2.75) is 12.7 Å². The minimum atomic E-state index is -4.37. The zero-order chi connectivity index (χ0) is 23.0. The van der Waals surface area contributed by atoms with Crippen LogP contribution < -0.4 is 4.90 Å². The predicted molar refractivity (Wildman–Crippen MR) is 134 cm³/mol. The van der Waals surface area contributed by atoms with Crippen LogP contribution in [0.5, 0.6) is 0 Å². The third-order valence-corrected chi connectivity index (χ3v) is 7.71. The number of alkyl halides is 3. The van der Waals surface area contributed by atoms with Crippen molar-refractivity contribution in [3.63, 3.8) is 0 Å². The Labute approximate surface area is 203 Å². The van der Waals surface area contributed by atoms with Crippen molar-refractivity contribution in [3.8, 4) is 11.4 Å². The van der Waals surface area contributed by atoms with Crippen molar-refractivity contribution >= 4 is 45.1 Å². The first-order chi connectivity index (χ1) is 15.9. The summed E-state index contributed by atoms with van der Waals surface area (Å²) in [5.41, 5.74) is 3.49. The van der Waals surface area contributed by atoms with Crippen molar-refractivity contribution in [1.82, 2.24) is 24.4 Å². The number of hydrogen-bond donors (Lipinski definition) is 1. The average molecular weight is 584 g/mol. The number of para-hydroxylation sites is 1. The second kappa shape index (κ2) is 9.23. The van der Waals surface area contributed by atoms with Gasteiger partial charge < -0.3 is 9.88 Å². The summed E-state index contributed by atoms with van der Waals surface area (Å²) in [6.07, 6.45) is -0.837. The van der Waals surface area contributed by atoms with Crippen molar-refractivity contribution in [2.24, 2.45) is 0 Å². The lowest BCUT2D eigenvalue weighted by molar-refractivity contribution is -0.137. The fourth-order valence-electron chi connectivity index (χ4n) is 4.11. The minimum absolute atomic E-state index is 0.512. The van der Waals surface area contributed by atoms with E-state index >= 15 is 0 Å². The van der Waals surface area contributed by atoms with E-state index in [4.69, 9.17) is 5.10 Å². The van der Waals surface area contributed by atoms with Gasteiger partial charge in [-0.15, -0.1) is 0 Å². The summed E-state index contributed by atoms with van der Waals surface area (Å²) in [6.45, 7) is 3.78. The third kappa shape index (κ3) is 4.88. The highest BCUT2D eigenvalue weighted by molar-refractivity contribution is 14.2. The van der Waals surface area contributed by atoms with E-state index < -0.39 is 11.7 Å². The molecule has 0 saturated carbocycles. The number of anilines is 1. The van der Waals surface area contributed by atoms with Crippen LogP contribution in [0.1, 0.15) is 11.1 Å². The molecular formula is C22H21F3IN6P. The number of hydrogen-bond acceptors (Lipinski definition) is 4. The van der Waals surface area contributed by atoms with Crippen molar-refractivity contribution < 1.29 is 13.2 Å². The van der Waals surface area contributed by atoms with E-state index in [-0.39, 0.29) is 0 Å². The normalized spacial score (nSPS) is 15.8. The number of halogens is 4. The molecule has 1 fully saturated rings. The first kappa shape index (κ1) is 22.6. The predicted octanol–water partition coefficient (Wildman–Crippen LogP) is 5.56. The molecule has 1 aliphatic heterocycles. The fraction of sp³-hybridized carbons (Fsp3) is 0.273. The van der Waals surface area contributed by atoms with Gasteiger partial charge in [-0.05, 0) is 46.3 Å². The third-order valence-electron chi connectivity index (χ3n) is 5.83. The lowest BCUT2D eigenvalue weighted by atomic mass is 10.1. The maximum Gasteiger partial charge on any atom is 0.417 e. The topological polar surface area (TPSA) is 53.0 Å². The fourth-order valence-corrected chi connectivity index (χ4v) is 5.20. The summed E-state index contributed by atoms with van der Waals surface area (Å²) in [5.74, 6) is 0.584. The van der Waals surface area contributed by atoms with Gasteiger partial charge in [0.15, 0.2) is 0 Å². The molecule has 1 N–H and O–H groups in total. The van der Waals surface area contributed by atoms with Crippen molar-refractivity contribution in [3.05, 3.63) is 66.0 Å². The lowest BCUT2D eigenvalue weighted by Crippen LogP contribution is -2.46. The van der Waals surface area contributed by atoms with Gasteiger partial charge in [0.25, 0.3) is 0 Å². The first-order valence-electron chi connectivity index (χ1n) is 10.4. The van der Waals surface area contributed by atoms with Crippen LogP contribution in [0.15, 0.2) is 54.9 Å². The Morgan fingerprint density at radius 3 is 2.52 bits per heavy atom. The summed E-state index contributed by atoms with van der Waals surface area (Å²) in [5, 5.41) is 5.96. The molecule has 0 spiro atoms. The van der Waals surface area contributed by atoms with E-state index in [0.717, 1.165) is 59.8 Å². The van der Waals surface area contributed by atoms with Crippen LogP contribution in [0.3, 0.4) is 0 Å². The second-order valence-electron chi connectivity index (χ2n) is 7.97. The standard InChI is InChI=1S/C22H21F3IN6P/c23-22(24,25)17-5-6-20(27-12-17)31-9-7-30(8-10-31)13-16-14-32(33-26)29-21(16)19-11-15-3-1-2-4-18(15)28-19/h1-6,11-12,14,28,33H,7-10,13H2. The summed E-state index contributed by atoms with van der Waals surface area (Å²) in [4.78, 5) is 11.9. The maximum atomic E-state index is 12.8. The summed E-state index contributed by atoms with van der Waals surface area (Å²) in [6, 6.07) is 12.9. The number of nitrogens with one attached hydrogen (secondary N) is 1. The van der Waals surface area contributed by atoms with Crippen LogP contribution in [0.4, 0.5) is 19.0 Å². The zero-order valence-corrected chi connectivity index (χ0v) is 20.6. The van der Waals surface area contributed by atoms with Gasteiger partial charge in [-0.3, -0.25) is 4.90 Å². The molecule has 6 nitrogen and oxygen atoms in total. The van der Waals surface area contributed by atoms with Crippen LogP contribution in [-0.4, -0.2) is 50.6 Å². The van der Waals surface area contributed by atoms with E-state index in [1.54, 1.807) is 0 Å². The number of H-pyrrole nitrogens is 1. The highest BCUT2D eigenvalue weighted by Gasteiger charge is 2.31. The van der Waals surface area contributed by atoms with Crippen LogP contribution in [0.2, 0.25) is 0 Å². The van der Waals surface area contributed by atoms with E-state index in [9.17, 15) is 13.2 Å². The van der Waals surface area contributed by atoms with E-state index in [1.165, 1.54) is 6.07 Å². The molecule has 1 aliphatic rings. The number of fused-ring (bicyclic) bond motifs is 1. The Balaban J connectivity index is 1.28. The highest BCUT2D eigenvalue weighted by atomic mass is 127. The monoisotopic (exact) mass is 584 g/mol. The van der Waals surface area contributed by atoms with Gasteiger partial charge in [-0.1, -0.05) is 18.2 Å². The van der Waals surface area contributed by atoms with Crippen LogP contribution >= 0.6 is 28.4 Å². The van der Waals surface area contributed by atoms with Gasteiger partial charge in [0.1, 0.15) is 11.5 Å². The highest BCUT2D eigenvalue weighted by Crippen LogP contribution is 2.32. The molecule has 1 saturated heterocycles. The van der Waals surface area contributed by atoms with Gasteiger partial charge in [-0.25, -0.2) is 9.44 Å². The van der Waals surface area contributed by atoms with E-state index in [1.807, 2.05) is 21.5 Å². The Hall–Kier alpha value is -2.17. The number of nitrogens with zero attached hydrogens (tertiary/aromatic N) is 5. The van der Waals surface area contributed by atoms with E-state index in [0.29, 0.717) is 25.3 Å². The molecule has 3 aromatic heterocycles. The average Bonchev–Trinajstić information content (AvgIpc) is 3.43. The summed E-state index contributed by atoms with van der Waals surface area (Å²) < 4.78 is 40.4. The smallest absolute Gasteiger partial charge is 0.354 e. The molecule has 172 valence electrons. The molecule has 4 aromatic rings. The molecule has 0 amide bonds. The molecule has 0 aliphatic carbocycles. The van der Waals surface area contributed by atoms with Gasteiger partial charge in [0.2, 0.25) is 0 Å². The molecule has 1 unspecified atom stereocenters. The summed E-state index contributed by atoms with van der Waals surface area (Å²) in [7, 11) is 0. The minimum Gasteiger partial charge on any atom is -0.354 e. The molecule has 5 rings (SSSR count). The van der Waals surface area contributed by atoms with Crippen LogP contribution in [0.25, 0.3) is 22.3 Å². The number of rotatable bonds is 5. The maximum absolute atomic E-state index is 12.8. The lowest BCUT2D eigenvalue weighted by Gasteiger charge is -2.35. The molecule has 4 heterocycles. The van der Waals surface area contributed by atoms with Crippen LogP contribution in [-0.2, 0) is 12.7 Å². The number of piperazine rings is 1. The Kier molecular flexibility index (Phi) is 6.32. The van der Waals surface area contributed by atoms with Gasteiger partial charge >= 0.3 is 6.18 Å². The molecule has 1 atom stereocenters. The second-order valence-corrected chi connectivity index (χ2v) is 10.0. The van der Waals surface area contributed by atoms with Gasteiger partial charge in [0, 0.05) is 61.6 Å². The van der Waals surface area contributed by atoms with Crippen LogP contribution in [0, 0.1) is 0 Å². The molecule has 0 bridgehead atoms. The molecule has 33 heavy (non-hydrogen) atoms. The van der Waals surface area contributed by atoms with Crippen molar-refractivity contribution in [2.75, 3.05) is 31.1 Å². The quantitative estimate of drug-likeness (QED) is 0.247. The van der Waals surface area contributed by atoms with Gasteiger partial charge in [-0.2, -0.15) is 18.3 Å². The number of benzene rings is 1. The molecule has 11 heteroatoms. The first-order valence-corrected chi connectivity index (χ1v) is 14.5. The van der Waals surface area contributed by atoms with Gasteiger partial charge in [0.05, 0.1) is 17.6 Å². The molecular weight excluding hydrogens is 563 g/mol. The zero-order valence-electron chi connectivity index (χ0n) is 17.5. The number of pyridine rings is 1. The van der Waals surface area contributed by atoms with Crippen molar-refractivity contribution in [1.29, 1.82) is 0 Å².